The number of ether oxygens (including phenoxy) is 2. The first-order valence-electron chi connectivity index (χ1n) is 7.86. The fourth-order valence-electron chi connectivity index (χ4n) is 2.53. The van der Waals surface area contributed by atoms with Gasteiger partial charge < -0.3 is 14.8 Å². The Morgan fingerprint density at radius 3 is 2.55 bits per heavy atom. The number of hydrogen-bond acceptors (Lipinski definition) is 4. The quantitative estimate of drug-likeness (QED) is 0.786. The second-order valence-corrected chi connectivity index (χ2v) is 5.48. The van der Waals surface area contributed by atoms with Crippen molar-refractivity contribution in [1.82, 2.24) is 5.32 Å². The molecule has 0 heterocycles. The average Bonchev–Trinajstić information content (AvgIpc) is 3.04. The molecule has 1 amide bonds. The Morgan fingerprint density at radius 1 is 1.23 bits per heavy atom. The number of amides is 1. The molecule has 0 saturated heterocycles. The van der Waals surface area contributed by atoms with Gasteiger partial charge in [-0.3, -0.25) is 4.79 Å². The molecule has 0 aliphatic heterocycles. The van der Waals surface area contributed by atoms with Gasteiger partial charge in [0.05, 0.1) is 0 Å². The van der Waals surface area contributed by atoms with Crippen LogP contribution < -0.4 is 10.1 Å². The smallest absolute Gasteiger partial charge is 0.347 e. The Morgan fingerprint density at radius 2 is 1.91 bits per heavy atom. The van der Waals surface area contributed by atoms with Crippen molar-refractivity contribution in [1.29, 1.82) is 0 Å². The highest BCUT2D eigenvalue weighted by Gasteiger charge is 2.22. The summed E-state index contributed by atoms with van der Waals surface area (Å²) in [5.74, 6) is -0.135. The fourth-order valence-corrected chi connectivity index (χ4v) is 2.53. The molecule has 0 aromatic heterocycles. The minimum atomic E-state index is -0.693. The standard InChI is InChI=1S/C17H23NO4/c1-2-15(22-14-10-4-3-5-11-14)17(20)21-12-16(19)18-13-8-6-7-9-13/h3-5,10-11,13,15H,2,6-9,12H2,1H3,(H,18,19)/t15-/m0/s1. The van der Waals surface area contributed by atoms with Gasteiger partial charge in [-0.05, 0) is 31.4 Å². The first kappa shape index (κ1) is 16.3. The minimum absolute atomic E-state index is 0.230. The Bertz CT molecular complexity index is 483. The van der Waals surface area contributed by atoms with Crippen molar-refractivity contribution in [3.8, 4) is 5.75 Å². The molecular weight excluding hydrogens is 282 g/mol. The van der Waals surface area contributed by atoms with Gasteiger partial charge in [-0.15, -0.1) is 0 Å². The van der Waals surface area contributed by atoms with Gasteiger partial charge in [0, 0.05) is 6.04 Å². The summed E-state index contributed by atoms with van der Waals surface area (Å²) < 4.78 is 10.6. The molecule has 1 aromatic rings. The van der Waals surface area contributed by atoms with Crippen molar-refractivity contribution in [3.05, 3.63) is 30.3 Å². The van der Waals surface area contributed by atoms with Crippen molar-refractivity contribution in [3.63, 3.8) is 0 Å². The van der Waals surface area contributed by atoms with Crippen molar-refractivity contribution < 1.29 is 19.1 Å². The number of carbonyl (C=O) groups excluding carboxylic acids is 2. The zero-order valence-corrected chi connectivity index (χ0v) is 12.9. The second-order valence-electron chi connectivity index (χ2n) is 5.48. The number of nitrogens with one attached hydrogen (secondary N) is 1. The Balaban J connectivity index is 1.75. The van der Waals surface area contributed by atoms with E-state index in [0.717, 1.165) is 25.7 Å². The van der Waals surface area contributed by atoms with Gasteiger partial charge in [-0.1, -0.05) is 38.0 Å². The Hall–Kier alpha value is -2.04. The summed E-state index contributed by atoms with van der Waals surface area (Å²) in [6.45, 7) is 1.59. The van der Waals surface area contributed by atoms with E-state index in [2.05, 4.69) is 5.32 Å². The molecule has 5 heteroatoms. The van der Waals surface area contributed by atoms with E-state index in [1.165, 1.54) is 0 Å². The van der Waals surface area contributed by atoms with E-state index < -0.39 is 12.1 Å². The van der Waals surface area contributed by atoms with Gasteiger partial charge in [-0.25, -0.2) is 4.79 Å². The molecule has 0 bridgehead atoms. The van der Waals surface area contributed by atoms with Gasteiger partial charge >= 0.3 is 5.97 Å². The van der Waals surface area contributed by atoms with Gasteiger partial charge in [0.15, 0.2) is 12.7 Å². The third kappa shape index (κ3) is 5.06. The summed E-state index contributed by atoms with van der Waals surface area (Å²) >= 11 is 0. The molecular formula is C17H23NO4. The van der Waals surface area contributed by atoms with E-state index in [0.29, 0.717) is 12.2 Å². The monoisotopic (exact) mass is 305 g/mol. The molecule has 0 radical (unpaired) electrons. The normalized spacial score (nSPS) is 16.0. The van der Waals surface area contributed by atoms with Crippen molar-refractivity contribution >= 4 is 11.9 Å². The highest BCUT2D eigenvalue weighted by molar-refractivity contribution is 5.82. The summed E-state index contributed by atoms with van der Waals surface area (Å²) in [6, 6.07) is 9.34. The third-order valence-electron chi connectivity index (χ3n) is 3.72. The topological polar surface area (TPSA) is 64.6 Å². The highest BCUT2D eigenvalue weighted by Crippen LogP contribution is 2.17. The number of para-hydroxylation sites is 1. The van der Waals surface area contributed by atoms with E-state index in [1.807, 2.05) is 25.1 Å². The van der Waals surface area contributed by atoms with Crippen LogP contribution in [0.25, 0.3) is 0 Å². The van der Waals surface area contributed by atoms with Crippen LogP contribution in [-0.2, 0) is 14.3 Å². The number of rotatable bonds is 7. The zero-order chi connectivity index (χ0) is 15.8. The molecule has 0 unspecified atom stereocenters. The van der Waals surface area contributed by atoms with Crippen LogP contribution in [0.4, 0.5) is 0 Å². The van der Waals surface area contributed by atoms with Crippen LogP contribution in [0.15, 0.2) is 30.3 Å². The van der Waals surface area contributed by atoms with Crippen LogP contribution in [0, 0.1) is 0 Å². The largest absolute Gasteiger partial charge is 0.479 e. The molecule has 2 rings (SSSR count). The van der Waals surface area contributed by atoms with E-state index >= 15 is 0 Å². The molecule has 1 aliphatic rings. The lowest BCUT2D eigenvalue weighted by Crippen LogP contribution is -2.37. The summed E-state index contributed by atoms with van der Waals surface area (Å²) in [4.78, 5) is 23.7. The van der Waals surface area contributed by atoms with Crippen LogP contribution in [-0.4, -0.2) is 30.6 Å². The van der Waals surface area contributed by atoms with Gasteiger partial charge in [0.1, 0.15) is 5.75 Å². The molecule has 1 N–H and O–H groups in total. The molecule has 1 aliphatic carbocycles. The maximum atomic E-state index is 12.0. The van der Waals surface area contributed by atoms with Crippen LogP contribution in [0.5, 0.6) is 5.75 Å². The maximum absolute atomic E-state index is 12.0. The molecule has 5 nitrogen and oxygen atoms in total. The van der Waals surface area contributed by atoms with Gasteiger partial charge in [0.2, 0.25) is 0 Å². The summed E-state index contributed by atoms with van der Waals surface area (Å²) in [7, 11) is 0. The van der Waals surface area contributed by atoms with Crippen molar-refractivity contribution in [2.45, 2.75) is 51.2 Å². The lowest BCUT2D eigenvalue weighted by Gasteiger charge is -2.17. The van der Waals surface area contributed by atoms with E-state index in [-0.39, 0.29) is 18.6 Å². The van der Waals surface area contributed by atoms with Crippen LogP contribution in [0.3, 0.4) is 0 Å². The number of carbonyl (C=O) groups is 2. The Kier molecular flexibility index (Phi) is 6.25. The molecule has 22 heavy (non-hydrogen) atoms. The van der Waals surface area contributed by atoms with Crippen molar-refractivity contribution in [2.75, 3.05) is 6.61 Å². The van der Waals surface area contributed by atoms with E-state index in [1.54, 1.807) is 12.1 Å². The Labute approximate surface area is 131 Å². The number of hydrogen-bond donors (Lipinski definition) is 1. The van der Waals surface area contributed by atoms with Crippen LogP contribution >= 0.6 is 0 Å². The zero-order valence-electron chi connectivity index (χ0n) is 12.9. The minimum Gasteiger partial charge on any atom is -0.479 e. The predicted octanol–water partition coefficient (Wildman–Crippen LogP) is 2.45. The molecule has 0 spiro atoms. The first-order chi connectivity index (χ1) is 10.7. The van der Waals surface area contributed by atoms with Gasteiger partial charge in [0.25, 0.3) is 5.91 Å². The van der Waals surface area contributed by atoms with E-state index in [9.17, 15) is 9.59 Å². The molecule has 1 saturated carbocycles. The van der Waals surface area contributed by atoms with E-state index in [4.69, 9.17) is 9.47 Å². The predicted molar refractivity (Wildman–Crippen MR) is 82.5 cm³/mol. The summed E-state index contributed by atoms with van der Waals surface area (Å²) in [5.41, 5.74) is 0. The molecule has 1 aromatic carbocycles. The van der Waals surface area contributed by atoms with Gasteiger partial charge in [-0.2, -0.15) is 0 Å². The number of benzene rings is 1. The fraction of sp³-hybridized carbons (Fsp3) is 0.529. The lowest BCUT2D eigenvalue weighted by molar-refractivity contribution is -0.155. The maximum Gasteiger partial charge on any atom is 0.347 e. The molecule has 1 fully saturated rings. The average molecular weight is 305 g/mol. The van der Waals surface area contributed by atoms with Crippen LogP contribution in [0.1, 0.15) is 39.0 Å². The number of esters is 1. The SMILES string of the molecule is CC[C@H](Oc1ccccc1)C(=O)OCC(=O)NC1CCCC1. The molecule has 1 atom stereocenters. The highest BCUT2D eigenvalue weighted by atomic mass is 16.6. The second kappa shape index (κ2) is 8.41. The summed E-state index contributed by atoms with van der Waals surface area (Å²) in [5, 5.41) is 2.88. The molecule has 120 valence electrons. The first-order valence-corrected chi connectivity index (χ1v) is 7.86. The van der Waals surface area contributed by atoms with Crippen molar-refractivity contribution in [2.24, 2.45) is 0 Å². The summed E-state index contributed by atoms with van der Waals surface area (Å²) in [6.07, 6.45) is 4.10. The van der Waals surface area contributed by atoms with Crippen LogP contribution in [0.2, 0.25) is 0 Å². The third-order valence-corrected chi connectivity index (χ3v) is 3.72. The lowest BCUT2D eigenvalue weighted by atomic mass is 10.2.